The molecule has 0 radical (unpaired) electrons. The van der Waals surface area contributed by atoms with Crippen LogP contribution in [0, 0.1) is 5.92 Å². The largest absolute Gasteiger partial charge is 0.356 e. The van der Waals surface area contributed by atoms with Crippen LogP contribution in [-0.4, -0.2) is 19.0 Å². The molecule has 3 N–H and O–H groups in total. The summed E-state index contributed by atoms with van der Waals surface area (Å²) < 4.78 is 0. The molecule has 0 spiro atoms. The molecule has 0 aliphatic rings. The first kappa shape index (κ1) is 14.7. The second kappa shape index (κ2) is 7.88. The van der Waals surface area contributed by atoms with E-state index in [1.807, 2.05) is 19.1 Å². The van der Waals surface area contributed by atoms with Crippen LogP contribution in [0.25, 0.3) is 0 Å². The second-order valence-electron chi connectivity index (χ2n) is 4.89. The van der Waals surface area contributed by atoms with Crippen molar-refractivity contribution in [3.8, 4) is 0 Å². The van der Waals surface area contributed by atoms with Gasteiger partial charge in [0, 0.05) is 6.54 Å². The van der Waals surface area contributed by atoms with Crippen molar-refractivity contribution < 1.29 is 4.79 Å². The molecule has 1 unspecified atom stereocenters. The summed E-state index contributed by atoms with van der Waals surface area (Å²) in [4.78, 5) is 11.7. The van der Waals surface area contributed by atoms with Crippen molar-refractivity contribution in [2.24, 2.45) is 11.7 Å². The number of hydrogen-bond acceptors (Lipinski definition) is 2. The fraction of sp³-hybridized carbons (Fsp3) is 0.533. The van der Waals surface area contributed by atoms with Crippen LogP contribution >= 0.6 is 0 Å². The number of aryl methyl sites for hydroxylation is 1. The van der Waals surface area contributed by atoms with E-state index >= 15 is 0 Å². The Morgan fingerprint density at radius 2 is 1.89 bits per heavy atom. The molecule has 1 atom stereocenters. The second-order valence-corrected chi connectivity index (χ2v) is 4.89. The predicted molar refractivity (Wildman–Crippen MR) is 75.4 cm³/mol. The SMILES string of the molecule is CCCc1ccc(CC(=O)NCC(C)CN)cc1. The highest BCUT2D eigenvalue weighted by Gasteiger charge is 2.05. The smallest absolute Gasteiger partial charge is 0.224 e. The third kappa shape index (κ3) is 5.32. The van der Waals surface area contributed by atoms with Crippen LogP contribution in [-0.2, 0) is 17.6 Å². The molecule has 0 saturated carbocycles. The van der Waals surface area contributed by atoms with E-state index in [1.54, 1.807) is 0 Å². The zero-order chi connectivity index (χ0) is 13.4. The number of carbonyl (C=O) groups excluding carboxylic acids is 1. The number of nitrogens with two attached hydrogens (primary N) is 1. The lowest BCUT2D eigenvalue weighted by molar-refractivity contribution is -0.120. The van der Waals surface area contributed by atoms with E-state index in [0.717, 1.165) is 18.4 Å². The van der Waals surface area contributed by atoms with Gasteiger partial charge in [-0.05, 0) is 30.0 Å². The van der Waals surface area contributed by atoms with Crippen LogP contribution in [0.4, 0.5) is 0 Å². The van der Waals surface area contributed by atoms with Crippen LogP contribution < -0.4 is 11.1 Å². The van der Waals surface area contributed by atoms with E-state index in [0.29, 0.717) is 25.4 Å². The van der Waals surface area contributed by atoms with Gasteiger partial charge in [0.15, 0.2) is 0 Å². The molecule has 3 nitrogen and oxygen atoms in total. The van der Waals surface area contributed by atoms with E-state index in [2.05, 4.69) is 24.4 Å². The summed E-state index contributed by atoms with van der Waals surface area (Å²) >= 11 is 0. The average molecular weight is 248 g/mol. The Hall–Kier alpha value is -1.35. The summed E-state index contributed by atoms with van der Waals surface area (Å²) in [6.45, 7) is 5.45. The third-order valence-electron chi connectivity index (χ3n) is 2.98. The lowest BCUT2D eigenvalue weighted by Gasteiger charge is -2.10. The van der Waals surface area contributed by atoms with Crippen LogP contribution in [0.1, 0.15) is 31.4 Å². The molecular weight excluding hydrogens is 224 g/mol. The van der Waals surface area contributed by atoms with Crippen LogP contribution in [0.2, 0.25) is 0 Å². The van der Waals surface area contributed by atoms with Gasteiger partial charge in [-0.25, -0.2) is 0 Å². The molecule has 0 bridgehead atoms. The van der Waals surface area contributed by atoms with Crippen molar-refractivity contribution in [3.63, 3.8) is 0 Å². The monoisotopic (exact) mass is 248 g/mol. The zero-order valence-corrected chi connectivity index (χ0v) is 11.4. The highest BCUT2D eigenvalue weighted by Crippen LogP contribution is 2.07. The zero-order valence-electron chi connectivity index (χ0n) is 11.4. The minimum Gasteiger partial charge on any atom is -0.356 e. The number of nitrogens with one attached hydrogen (secondary N) is 1. The standard InChI is InChI=1S/C15H24N2O/c1-3-4-13-5-7-14(8-6-13)9-15(18)17-11-12(2)10-16/h5-8,12H,3-4,9-11,16H2,1-2H3,(H,17,18). The van der Waals surface area contributed by atoms with Gasteiger partial charge in [0.25, 0.3) is 0 Å². The maximum atomic E-state index is 11.7. The summed E-state index contributed by atoms with van der Waals surface area (Å²) in [5.74, 6) is 0.402. The van der Waals surface area contributed by atoms with Crippen molar-refractivity contribution in [2.45, 2.75) is 33.1 Å². The van der Waals surface area contributed by atoms with Gasteiger partial charge in [0.2, 0.25) is 5.91 Å². The van der Waals surface area contributed by atoms with Crippen molar-refractivity contribution >= 4 is 5.91 Å². The summed E-state index contributed by atoms with van der Waals surface area (Å²) in [6.07, 6.45) is 2.70. The van der Waals surface area contributed by atoms with E-state index in [9.17, 15) is 4.79 Å². The number of hydrogen-bond donors (Lipinski definition) is 2. The van der Waals surface area contributed by atoms with Gasteiger partial charge in [-0.3, -0.25) is 4.79 Å². The predicted octanol–water partition coefficient (Wildman–Crippen LogP) is 1.89. The van der Waals surface area contributed by atoms with Crippen molar-refractivity contribution in [1.29, 1.82) is 0 Å². The molecule has 0 aliphatic heterocycles. The molecular formula is C15H24N2O. The summed E-state index contributed by atoms with van der Waals surface area (Å²) in [5, 5.41) is 2.90. The van der Waals surface area contributed by atoms with E-state index < -0.39 is 0 Å². The minimum absolute atomic E-state index is 0.0681. The van der Waals surface area contributed by atoms with Crippen LogP contribution in [0.5, 0.6) is 0 Å². The van der Waals surface area contributed by atoms with Gasteiger partial charge < -0.3 is 11.1 Å². The highest BCUT2D eigenvalue weighted by molar-refractivity contribution is 5.78. The third-order valence-corrected chi connectivity index (χ3v) is 2.98. The minimum atomic E-state index is 0.0681. The Labute approximate surface area is 110 Å². The molecule has 1 aromatic rings. The van der Waals surface area contributed by atoms with Crippen molar-refractivity contribution in [1.82, 2.24) is 5.32 Å². The summed E-state index contributed by atoms with van der Waals surface area (Å²) in [7, 11) is 0. The maximum absolute atomic E-state index is 11.7. The lowest BCUT2D eigenvalue weighted by Crippen LogP contribution is -2.32. The van der Waals surface area contributed by atoms with E-state index in [1.165, 1.54) is 5.56 Å². The van der Waals surface area contributed by atoms with Crippen LogP contribution in [0.15, 0.2) is 24.3 Å². The summed E-state index contributed by atoms with van der Waals surface area (Å²) in [5.41, 5.74) is 7.90. The van der Waals surface area contributed by atoms with Gasteiger partial charge in [-0.2, -0.15) is 0 Å². The Kier molecular flexibility index (Phi) is 6.44. The van der Waals surface area contributed by atoms with E-state index in [-0.39, 0.29) is 5.91 Å². The van der Waals surface area contributed by atoms with Crippen molar-refractivity contribution in [2.75, 3.05) is 13.1 Å². The number of carbonyl (C=O) groups is 1. The maximum Gasteiger partial charge on any atom is 0.224 e. The molecule has 0 aliphatic carbocycles. The molecule has 1 aromatic carbocycles. The first-order valence-electron chi connectivity index (χ1n) is 6.70. The van der Waals surface area contributed by atoms with Gasteiger partial charge in [0.1, 0.15) is 0 Å². The van der Waals surface area contributed by atoms with Crippen LogP contribution in [0.3, 0.4) is 0 Å². The topological polar surface area (TPSA) is 55.1 Å². The first-order valence-corrected chi connectivity index (χ1v) is 6.70. The van der Waals surface area contributed by atoms with Gasteiger partial charge in [-0.15, -0.1) is 0 Å². The molecule has 0 heterocycles. The fourth-order valence-electron chi connectivity index (χ4n) is 1.73. The highest BCUT2D eigenvalue weighted by atomic mass is 16.1. The van der Waals surface area contributed by atoms with E-state index in [4.69, 9.17) is 5.73 Å². The number of amides is 1. The molecule has 18 heavy (non-hydrogen) atoms. The molecule has 0 aromatic heterocycles. The van der Waals surface area contributed by atoms with Gasteiger partial charge >= 0.3 is 0 Å². The lowest BCUT2D eigenvalue weighted by atomic mass is 10.1. The molecule has 0 fully saturated rings. The normalized spacial score (nSPS) is 12.2. The Morgan fingerprint density at radius 3 is 2.44 bits per heavy atom. The molecule has 1 amide bonds. The first-order chi connectivity index (χ1) is 8.65. The number of rotatable bonds is 7. The van der Waals surface area contributed by atoms with Crippen molar-refractivity contribution in [3.05, 3.63) is 35.4 Å². The Balaban J connectivity index is 2.39. The fourth-order valence-corrected chi connectivity index (χ4v) is 1.73. The average Bonchev–Trinajstić information content (AvgIpc) is 2.38. The molecule has 3 heteroatoms. The molecule has 100 valence electrons. The quantitative estimate of drug-likeness (QED) is 0.774. The molecule has 1 rings (SSSR count). The Morgan fingerprint density at radius 1 is 1.28 bits per heavy atom. The number of benzene rings is 1. The Bertz CT molecular complexity index is 359. The molecule has 0 saturated heterocycles. The summed E-state index contributed by atoms with van der Waals surface area (Å²) in [6, 6.07) is 8.29. The van der Waals surface area contributed by atoms with Gasteiger partial charge in [-0.1, -0.05) is 44.5 Å². The van der Waals surface area contributed by atoms with Gasteiger partial charge in [0.05, 0.1) is 6.42 Å².